The number of para-hydroxylation sites is 2. The van der Waals surface area contributed by atoms with Gasteiger partial charge in [0.15, 0.2) is 0 Å². The highest BCUT2D eigenvalue weighted by molar-refractivity contribution is 7.26. The predicted octanol–water partition coefficient (Wildman–Crippen LogP) is 12.0. The number of fused-ring (bicyclic) bond motifs is 8. The summed E-state index contributed by atoms with van der Waals surface area (Å²) >= 11 is 1.85. The van der Waals surface area contributed by atoms with Gasteiger partial charge in [0, 0.05) is 61.0 Å². The Hall–Kier alpha value is -5.33. The van der Waals surface area contributed by atoms with Gasteiger partial charge < -0.3 is 14.5 Å². The lowest BCUT2D eigenvalue weighted by atomic mass is 9.88. The standard InChI is InChI=1S/C43H38N4OS/c1-27(2)45-26-46(36-15-8-7-14-35(36)45)29-11-10-12-30(24-29)48-31-17-18-32-33-19-20-39-41(34-13-6-9-16-38(34)49-39)42(33)47(37(32)25-31)40-23-28(21-22-44-40)43(3,4)5/h6-25,27H,26H2,1-5H3. The Morgan fingerprint density at radius 2 is 1.49 bits per heavy atom. The van der Waals surface area contributed by atoms with Crippen LogP contribution in [-0.2, 0) is 5.41 Å². The third-order valence-electron chi connectivity index (χ3n) is 9.84. The second kappa shape index (κ2) is 11.1. The summed E-state index contributed by atoms with van der Waals surface area (Å²) in [5.74, 6) is 2.51. The van der Waals surface area contributed by atoms with Gasteiger partial charge in [0.25, 0.3) is 0 Å². The molecule has 1 aliphatic heterocycles. The van der Waals surface area contributed by atoms with Crippen LogP contribution in [-0.4, -0.2) is 22.3 Å². The van der Waals surface area contributed by atoms with Crippen LogP contribution >= 0.6 is 11.3 Å². The molecule has 0 unspecified atom stereocenters. The van der Waals surface area contributed by atoms with Gasteiger partial charge in [-0.3, -0.25) is 4.57 Å². The summed E-state index contributed by atoms with van der Waals surface area (Å²) in [6, 6.07) is 41.6. The maximum Gasteiger partial charge on any atom is 0.137 e. The summed E-state index contributed by atoms with van der Waals surface area (Å²) < 4.78 is 11.6. The molecule has 1 aliphatic rings. The van der Waals surface area contributed by atoms with Crippen LogP contribution in [0, 0.1) is 0 Å². The van der Waals surface area contributed by atoms with Gasteiger partial charge in [-0.2, -0.15) is 0 Å². The largest absolute Gasteiger partial charge is 0.457 e. The molecule has 0 atom stereocenters. The monoisotopic (exact) mass is 658 g/mol. The van der Waals surface area contributed by atoms with E-state index in [-0.39, 0.29) is 5.41 Å². The topological polar surface area (TPSA) is 33.5 Å². The van der Waals surface area contributed by atoms with Crippen molar-refractivity contribution < 1.29 is 4.74 Å². The van der Waals surface area contributed by atoms with Gasteiger partial charge in [0.1, 0.15) is 17.3 Å². The molecule has 0 amide bonds. The first-order chi connectivity index (χ1) is 23.7. The predicted molar refractivity (Wildman–Crippen MR) is 208 cm³/mol. The van der Waals surface area contributed by atoms with Gasteiger partial charge in [0.05, 0.1) is 29.1 Å². The highest BCUT2D eigenvalue weighted by Crippen LogP contribution is 2.45. The second-order valence-electron chi connectivity index (χ2n) is 14.3. The summed E-state index contributed by atoms with van der Waals surface area (Å²) in [7, 11) is 0. The van der Waals surface area contributed by atoms with E-state index < -0.39 is 0 Å². The summed E-state index contributed by atoms with van der Waals surface area (Å²) in [6.45, 7) is 12.1. The molecule has 3 aromatic heterocycles. The average molecular weight is 659 g/mol. The molecule has 0 spiro atoms. The van der Waals surface area contributed by atoms with Crippen LogP contribution in [0.1, 0.15) is 40.2 Å². The van der Waals surface area contributed by atoms with E-state index >= 15 is 0 Å². The quantitative estimate of drug-likeness (QED) is 0.184. The van der Waals surface area contributed by atoms with Crippen molar-refractivity contribution in [1.82, 2.24) is 9.55 Å². The lowest BCUT2D eigenvalue weighted by Gasteiger charge is -2.25. The number of benzene rings is 5. The number of pyridine rings is 1. The van der Waals surface area contributed by atoms with Crippen LogP contribution in [0.2, 0.25) is 0 Å². The van der Waals surface area contributed by atoms with Gasteiger partial charge in [-0.25, -0.2) is 4.98 Å². The third kappa shape index (κ3) is 4.85. The van der Waals surface area contributed by atoms with Crippen LogP contribution in [0.3, 0.4) is 0 Å². The van der Waals surface area contributed by atoms with Crippen LogP contribution in [0.4, 0.5) is 17.1 Å². The van der Waals surface area contributed by atoms with E-state index in [1.165, 1.54) is 53.4 Å². The number of nitrogens with zero attached hydrogens (tertiary/aromatic N) is 4. The molecule has 0 fully saturated rings. The van der Waals surface area contributed by atoms with E-state index in [9.17, 15) is 0 Å². The fourth-order valence-electron chi connectivity index (χ4n) is 7.35. The smallest absolute Gasteiger partial charge is 0.137 e. The molecule has 0 saturated heterocycles. The van der Waals surface area contributed by atoms with E-state index in [0.717, 1.165) is 35.2 Å². The summed E-state index contributed by atoms with van der Waals surface area (Å²) in [5, 5.41) is 4.94. The van der Waals surface area contributed by atoms with Gasteiger partial charge >= 0.3 is 0 Å². The van der Waals surface area contributed by atoms with Crippen molar-refractivity contribution in [3.05, 3.63) is 127 Å². The van der Waals surface area contributed by atoms with Crippen LogP contribution in [0.15, 0.2) is 121 Å². The van der Waals surface area contributed by atoms with Crippen molar-refractivity contribution in [2.24, 2.45) is 0 Å². The molecule has 8 aromatic rings. The fraction of sp³-hybridized carbons (Fsp3) is 0.186. The molecular formula is C43H38N4OS. The van der Waals surface area contributed by atoms with Crippen LogP contribution in [0.5, 0.6) is 11.5 Å². The van der Waals surface area contributed by atoms with E-state index in [1.807, 2.05) is 23.6 Å². The zero-order chi connectivity index (χ0) is 33.4. The molecule has 5 nitrogen and oxygen atoms in total. The molecule has 0 bridgehead atoms. The van der Waals surface area contributed by atoms with Gasteiger partial charge in [-0.15, -0.1) is 11.3 Å². The Bertz CT molecular complexity index is 2550. The van der Waals surface area contributed by atoms with E-state index in [4.69, 9.17) is 9.72 Å². The summed E-state index contributed by atoms with van der Waals surface area (Å²) in [6.07, 6.45) is 1.95. The zero-order valence-electron chi connectivity index (χ0n) is 28.4. The number of aromatic nitrogens is 2. The van der Waals surface area contributed by atoms with Gasteiger partial charge in [-0.1, -0.05) is 63.2 Å². The molecule has 5 aromatic carbocycles. The molecular weight excluding hydrogens is 621 g/mol. The Balaban J connectivity index is 1.20. The van der Waals surface area contributed by atoms with Crippen molar-refractivity contribution in [3.8, 4) is 17.3 Å². The van der Waals surface area contributed by atoms with Crippen molar-refractivity contribution in [2.75, 3.05) is 16.5 Å². The number of thiophene rings is 1. The lowest BCUT2D eigenvalue weighted by molar-refractivity contribution is 0.483. The third-order valence-corrected chi connectivity index (χ3v) is 11.0. The van der Waals surface area contributed by atoms with Crippen molar-refractivity contribution in [3.63, 3.8) is 0 Å². The highest BCUT2D eigenvalue weighted by atomic mass is 32.1. The van der Waals surface area contributed by atoms with Crippen molar-refractivity contribution >= 4 is 70.4 Å². The molecule has 0 N–H and O–H groups in total. The molecule has 4 heterocycles. The van der Waals surface area contributed by atoms with Crippen molar-refractivity contribution in [1.29, 1.82) is 0 Å². The maximum atomic E-state index is 6.68. The number of ether oxygens (including phenoxy) is 1. The molecule has 9 rings (SSSR count). The first kappa shape index (κ1) is 29.8. The minimum atomic E-state index is -0.0117. The second-order valence-corrected chi connectivity index (χ2v) is 15.4. The number of hydrogen-bond donors (Lipinski definition) is 0. The minimum absolute atomic E-state index is 0.0117. The summed E-state index contributed by atoms with van der Waals surface area (Å²) in [4.78, 5) is 9.79. The highest BCUT2D eigenvalue weighted by Gasteiger charge is 2.28. The van der Waals surface area contributed by atoms with Crippen molar-refractivity contribution in [2.45, 2.75) is 46.1 Å². The van der Waals surface area contributed by atoms with E-state index in [0.29, 0.717) is 6.04 Å². The lowest BCUT2D eigenvalue weighted by Crippen LogP contribution is -2.33. The normalized spacial score (nSPS) is 13.4. The summed E-state index contributed by atoms with van der Waals surface area (Å²) in [5.41, 5.74) is 7.09. The average Bonchev–Trinajstić information content (AvgIpc) is 3.78. The molecule has 0 radical (unpaired) electrons. The molecule has 6 heteroatoms. The van der Waals surface area contributed by atoms with E-state index in [1.54, 1.807) is 0 Å². The first-order valence-electron chi connectivity index (χ1n) is 17.0. The molecule has 49 heavy (non-hydrogen) atoms. The minimum Gasteiger partial charge on any atom is -0.457 e. The number of hydrogen-bond acceptors (Lipinski definition) is 5. The van der Waals surface area contributed by atoms with Crippen LogP contribution in [0.25, 0.3) is 47.8 Å². The van der Waals surface area contributed by atoms with Crippen LogP contribution < -0.4 is 14.5 Å². The fourth-order valence-corrected chi connectivity index (χ4v) is 8.46. The number of rotatable bonds is 5. The Morgan fingerprint density at radius 1 is 0.714 bits per heavy atom. The molecule has 0 aliphatic carbocycles. The SMILES string of the molecule is CC(C)N1CN(c2cccc(Oc3ccc4c5ccc6sc7ccccc7c6c5n(-c5cc(C(C)(C)C)ccn5)c4c3)c2)c2ccccc21. The maximum absolute atomic E-state index is 6.68. The molecule has 242 valence electrons. The Labute approximate surface area is 290 Å². The Morgan fingerprint density at radius 3 is 2.33 bits per heavy atom. The van der Waals surface area contributed by atoms with E-state index in [2.05, 4.69) is 158 Å². The molecule has 0 saturated carbocycles. The first-order valence-corrected chi connectivity index (χ1v) is 17.8. The zero-order valence-corrected chi connectivity index (χ0v) is 29.3. The van der Waals surface area contributed by atoms with Gasteiger partial charge in [0.2, 0.25) is 0 Å². The number of anilines is 3. The Kier molecular flexibility index (Phi) is 6.75. The van der Waals surface area contributed by atoms with Gasteiger partial charge in [-0.05, 0) is 85.5 Å².